The molecule has 20 heavy (non-hydrogen) atoms. The van der Waals surface area contributed by atoms with Gasteiger partial charge in [0, 0.05) is 22.2 Å². The highest BCUT2D eigenvalue weighted by Crippen LogP contribution is 2.29. The quantitative estimate of drug-likeness (QED) is 0.803. The van der Waals surface area contributed by atoms with Crippen molar-refractivity contribution in [3.63, 3.8) is 0 Å². The Morgan fingerprint density at radius 1 is 1.45 bits per heavy atom. The number of nitrogens with zero attached hydrogens (tertiary/aromatic N) is 2. The summed E-state index contributed by atoms with van der Waals surface area (Å²) in [6, 6.07) is 8.12. The first kappa shape index (κ1) is 15.3. The third-order valence-electron chi connectivity index (χ3n) is 3.29. The Bertz CT molecular complexity index is 595. The molecule has 2 rings (SSSR count). The van der Waals surface area contributed by atoms with Crippen LogP contribution in [0, 0.1) is 10.5 Å². The highest BCUT2D eigenvalue weighted by atomic mass is 127. The van der Waals surface area contributed by atoms with E-state index >= 15 is 0 Å². The van der Waals surface area contributed by atoms with Gasteiger partial charge in [0.15, 0.2) is 0 Å². The van der Waals surface area contributed by atoms with Gasteiger partial charge in [-0.25, -0.2) is 4.68 Å². The smallest absolute Gasteiger partial charge is 0.221 e. The van der Waals surface area contributed by atoms with E-state index in [1.165, 1.54) is 0 Å². The average molecular weight is 385 g/mol. The molecule has 0 amide bonds. The fraction of sp³-hybridized carbons (Fsp3) is 0.400. The lowest BCUT2D eigenvalue weighted by atomic mass is 10.1. The predicted octanol–water partition coefficient (Wildman–Crippen LogP) is 3.41. The van der Waals surface area contributed by atoms with Crippen molar-refractivity contribution < 1.29 is 4.74 Å². The van der Waals surface area contributed by atoms with Gasteiger partial charge in [-0.1, -0.05) is 13.0 Å². The van der Waals surface area contributed by atoms with Crippen molar-refractivity contribution in [2.24, 2.45) is 12.8 Å². The Balaban J connectivity index is 2.31. The minimum absolute atomic E-state index is 0.135. The molecule has 108 valence electrons. The summed E-state index contributed by atoms with van der Waals surface area (Å²) < 4.78 is 8.96. The molecule has 4 nitrogen and oxygen atoms in total. The SMILES string of the molecule is CCC(N)Cc1c(C)nn(C)c1Oc1cccc(I)c1. The maximum atomic E-state index is 6.08. The molecule has 0 saturated heterocycles. The molecule has 2 N–H and O–H groups in total. The fourth-order valence-corrected chi connectivity index (χ4v) is 2.61. The van der Waals surface area contributed by atoms with E-state index in [-0.39, 0.29) is 6.04 Å². The van der Waals surface area contributed by atoms with Crippen molar-refractivity contribution in [3.05, 3.63) is 39.1 Å². The van der Waals surface area contributed by atoms with E-state index in [0.29, 0.717) is 0 Å². The number of hydrogen-bond acceptors (Lipinski definition) is 3. The van der Waals surface area contributed by atoms with Crippen molar-refractivity contribution in [2.75, 3.05) is 0 Å². The van der Waals surface area contributed by atoms with Crippen LogP contribution in [-0.4, -0.2) is 15.8 Å². The highest BCUT2D eigenvalue weighted by Gasteiger charge is 2.17. The molecule has 0 fully saturated rings. The van der Waals surface area contributed by atoms with Crippen LogP contribution >= 0.6 is 22.6 Å². The first-order valence-corrected chi connectivity index (χ1v) is 7.80. The first-order chi connectivity index (χ1) is 9.51. The highest BCUT2D eigenvalue weighted by molar-refractivity contribution is 14.1. The van der Waals surface area contributed by atoms with E-state index in [1.807, 2.05) is 38.2 Å². The van der Waals surface area contributed by atoms with E-state index in [4.69, 9.17) is 10.5 Å². The van der Waals surface area contributed by atoms with Crippen LogP contribution in [-0.2, 0) is 13.5 Å². The number of benzene rings is 1. The summed E-state index contributed by atoms with van der Waals surface area (Å²) >= 11 is 2.27. The molecule has 0 bridgehead atoms. The molecule has 2 aromatic rings. The minimum Gasteiger partial charge on any atom is -0.439 e. The monoisotopic (exact) mass is 385 g/mol. The zero-order chi connectivity index (χ0) is 14.7. The molecular formula is C15H20IN3O. The van der Waals surface area contributed by atoms with Gasteiger partial charge >= 0.3 is 0 Å². The van der Waals surface area contributed by atoms with Crippen molar-refractivity contribution in [2.45, 2.75) is 32.7 Å². The minimum atomic E-state index is 0.135. The summed E-state index contributed by atoms with van der Waals surface area (Å²) in [5, 5.41) is 4.45. The number of ether oxygens (including phenoxy) is 1. The van der Waals surface area contributed by atoms with Crippen molar-refractivity contribution in [1.29, 1.82) is 0 Å². The Morgan fingerprint density at radius 3 is 2.85 bits per heavy atom. The third-order valence-corrected chi connectivity index (χ3v) is 3.96. The topological polar surface area (TPSA) is 53.1 Å². The van der Waals surface area contributed by atoms with Crippen LogP contribution in [0.2, 0.25) is 0 Å². The van der Waals surface area contributed by atoms with Crippen LogP contribution in [0.25, 0.3) is 0 Å². The van der Waals surface area contributed by atoms with Crippen molar-refractivity contribution in [1.82, 2.24) is 9.78 Å². The van der Waals surface area contributed by atoms with Crippen LogP contribution in [0.4, 0.5) is 0 Å². The Labute approximate surface area is 133 Å². The van der Waals surface area contributed by atoms with E-state index in [2.05, 4.69) is 34.6 Å². The largest absolute Gasteiger partial charge is 0.439 e. The number of rotatable bonds is 5. The van der Waals surface area contributed by atoms with Gasteiger partial charge in [0.1, 0.15) is 5.75 Å². The molecule has 1 aromatic heterocycles. The lowest BCUT2D eigenvalue weighted by molar-refractivity contribution is 0.423. The number of hydrogen-bond donors (Lipinski definition) is 1. The van der Waals surface area contributed by atoms with Gasteiger partial charge < -0.3 is 10.5 Å². The van der Waals surface area contributed by atoms with E-state index < -0.39 is 0 Å². The van der Waals surface area contributed by atoms with Gasteiger partial charge in [0.05, 0.1) is 5.69 Å². The molecule has 5 heteroatoms. The normalized spacial score (nSPS) is 12.4. The first-order valence-electron chi connectivity index (χ1n) is 6.72. The van der Waals surface area contributed by atoms with Gasteiger partial charge in [0.2, 0.25) is 5.88 Å². The van der Waals surface area contributed by atoms with Gasteiger partial charge in [-0.3, -0.25) is 0 Å². The van der Waals surface area contributed by atoms with Crippen LogP contribution < -0.4 is 10.5 Å². The lowest BCUT2D eigenvalue weighted by Crippen LogP contribution is -2.21. The van der Waals surface area contributed by atoms with Crippen LogP contribution in [0.3, 0.4) is 0 Å². The number of aryl methyl sites for hydroxylation is 2. The lowest BCUT2D eigenvalue weighted by Gasteiger charge is -2.12. The average Bonchev–Trinajstić information content (AvgIpc) is 2.65. The summed E-state index contributed by atoms with van der Waals surface area (Å²) in [6.45, 7) is 4.09. The van der Waals surface area contributed by atoms with Gasteiger partial charge in [-0.15, -0.1) is 0 Å². The molecule has 1 atom stereocenters. The third kappa shape index (κ3) is 3.52. The number of nitrogens with two attached hydrogens (primary N) is 1. The molecule has 0 aliphatic carbocycles. The molecule has 1 unspecified atom stereocenters. The second-order valence-corrected chi connectivity index (χ2v) is 6.17. The van der Waals surface area contributed by atoms with Crippen LogP contribution in [0.5, 0.6) is 11.6 Å². The molecule has 1 heterocycles. The number of halogens is 1. The second-order valence-electron chi connectivity index (χ2n) is 4.92. The predicted molar refractivity (Wildman–Crippen MR) is 89.1 cm³/mol. The van der Waals surface area contributed by atoms with Gasteiger partial charge in [-0.05, 0) is 60.6 Å². The number of aromatic nitrogens is 2. The fourth-order valence-electron chi connectivity index (χ4n) is 2.09. The summed E-state index contributed by atoms with van der Waals surface area (Å²) in [4.78, 5) is 0. The van der Waals surface area contributed by atoms with Crippen molar-refractivity contribution >= 4 is 22.6 Å². The molecule has 0 aliphatic heterocycles. The second kappa shape index (κ2) is 6.58. The zero-order valence-electron chi connectivity index (χ0n) is 12.1. The Hall–Kier alpha value is -1.08. The van der Waals surface area contributed by atoms with Gasteiger partial charge in [0.25, 0.3) is 0 Å². The summed E-state index contributed by atoms with van der Waals surface area (Å²) in [5.74, 6) is 1.61. The molecule has 0 radical (unpaired) electrons. The molecule has 0 aliphatic rings. The Morgan fingerprint density at radius 2 is 2.20 bits per heavy atom. The standard InChI is InChI=1S/C15H20IN3O/c1-4-12(17)9-14-10(2)18-19(3)15(14)20-13-7-5-6-11(16)8-13/h5-8,12H,4,9,17H2,1-3H3. The van der Waals surface area contributed by atoms with Crippen molar-refractivity contribution in [3.8, 4) is 11.6 Å². The molecule has 0 saturated carbocycles. The maximum absolute atomic E-state index is 6.08. The molecular weight excluding hydrogens is 365 g/mol. The van der Waals surface area contributed by atoms with Crippen LogP contribution in [0.1, 0.15) is 24.6 Å². The summed E-state index contributed by atoms with van der Waals surface area (Å²) in [5.41, 5.74) is 8.16. The van der Waals surface area contributed by atoms with E-state index in [9.17, 15) is 0 Å². The Kier molecular flexibility index (Phi) is 5.04. The van der Waals surface area contributed by atoms with Gasteiger partial charge in [-0.2, -0.15) is 5.10 Å². The maximum Gasteiger partial charge on any atom is 0.221 e. The molecule has 1 aromatic carbocycles. The van der Waals surface area contributed by atoms with Crippen LogP contribution in [0.15, 0.2) is 24.3 Å². The zero-order valence-corrected chi connectivity index (χ0v) is 14.2. The van der Waals surface area contributed by atoms with E-state index in [1.54, 1.807) is 4.68 Å². The summed E-state index contributed by atoms with van der Waals surface area (Å²) in [6.07, 6.45) is 1.73. The summed E-state index contributed by atoms with van der Waals surface area (Å²) in [7, 11) is 1.90. The molecule has 0 spiro atoms. The van der Waals surface area contributed by atoms with E-state index in [0.717, 1.165) is 39.3 Å².